The molecule has 4 aromatic rings. The van der Waals surface area contributed by atoms with E-state index in [0.29, 0.717) is 5.56 Å². The van der Waals surface area contributed by atoms with Crippen LogP contribution in [0, 0.1) is 0 Å². The number of aliphatic hydroxyl groups is 4. The fourth-order valence-electron chi connectivity index (χ4n) is 9.34. The number of aromatic amines is 2. The molecule has 3 aliphatic rings. The molecule has 5 atom stereocenters. The van der Waals surface area contributed by atoms with E-state index in [4.69, 9.17) is 24.4 Å². The third kappa shape index (κ3) is 7.29. The molecule has 0 saturated carbocycles. The van der Waals surface area contributed by atoms with E-state index in [9.17, 15) is 25.5 Å². The lowest BCUT2D eigenvalue weighted by molar-refractivity contribution is -0.277. The van der Waals surface area contributed by atoms with Crippen LogP contribution in [0.25, 0.3) is 55.5 Å². The number of aliphatic hydroxyl groups excluding tert-OH is 4. The number of nitrogens with zero attached hydrogens (tertiary/aromatic N) is 3. The van der Waals surface area contributed by atoms with Gasteiger partial charge in [0.1, 0.15) is 24.4 Å². The molecule has 1 saturated heterocycles. The minimum absolute atomic E-state index is 0.00191. The van der Waals surface area contributed by atoms with Gasteiger partial charge in [0.25, 0.3) is 0 Å². The number of fused-ring (bicyclic) bond motifs is 8. The smallest absolute Gasteiger partial charge is 0.229 e. The first-order chi connectivity index (χ1) is 28.5. The summed E-state index contributed by atoms with van der Waals surface area (Å²) < 4.78 is 11.5. The van der Waals surface area contributed by atoms with Crippen LogP contribution in [0.2, 0.25) is 0 Å². The SMILES string of the molecule is CCC1=C(CC)c2nc1cc1[nH]c(c(CC)c1CC)c(-c1ccc(O[C@@H]3O[C@H](CO)[C@H](O)[C@H](O)[C@H]3O)c(O)c1)c1[nH]c(cc3nc(n2)C(CC)=C3CC)c(CC)c1CC. The lowest BCUT2D eigenvalue weighted by Gasteiger charge is -2.39. The molecule has 8 bridgehead atoms. The molecule has 3 aliphatic heterocycles. The number of hydrogen-bond acceptors (Lipinski definition) is 10. The third-order valence-electron chi connectivity index (χ3n) is 12.3. The van der Waals surface area contributed by atoms with Gasteiger partial charge in [-0.3, -0.25) is 0 Å². The summed E-state index contributed by atoms with van der Waals surface area (Å²) in [6.45, 7) is 16.7. The van der Waals surface area contributed by atoms with Crippen LogP contribution in [0.3, 0.4) is 0 Å². The number of aryl methyl sites for hydroxylation is 4. The summed E-state index contributed by atoms with van der Waals surface area (Å²) in [7, 11) is 0. The number of aromatic nitrogens is 5. The van der Waals surface area contributed by atoms with Gasteiger partial charge in [-0.2, -0.15) is 0 Å². The van der Waals surface area contributed by atoms with Crippen molar-refractivity contribution in [3.05, 3.63) is 75.6 Å². The molecule has 12 heteroatoms. The van der Waals surface area contributed by atoms with Crippen LogP contribution < -0.4 is 4.74 Å². The van der Waals surface area contributed by atoms with E-state index in [1.165, 1.54) is 22.3 Å². The Balaban J connectivity index is 1.59. The van der Waals surface area contributed by atoms with Crippen molar-refractivity contribution in [1.82, 2.24) is 24.9 Å². The molecule has 0 spiro atoms. The van der Waals surface area contributed by atoms with Crippen LogP contribution in [-0.2, 0) is 30.4 Å². The van der Waals surface area contributed by atoms with Gasteiger partial charge in [0.15, 0.2) is 23.1 Å². The van der Waals surface area contributed by atoms with Crippen molar-refractivity contribution in [3.8, 4) is 22.6 Å². The Morgan fingerprint density at radius 1 is 0.593 bits per heavy atom. The van der Waals surface area contributed by atoms with Gasteiger partial charge in [-0.15, -0.1) is 0 Å². The summed E-state index contributed by atoms with van der Waals surface area (Å²) in [4.78, 5) is 23.4. The molecule has 0 radical (unpaired) electrons. The highest BCUT2D eigenvalue weighted by atomic mass is 16.7. The van der Waals surface area contributed by atoms with Gasteiger partial charge in [0.05, 0.1) is 29.0 Å². The molecule has 314 valence electrons. The van der Waals surface area contributed by atoms with Crippen molar-refractivity contribution in [2.75, 3.05) is 6.61 Å². The second-order valence-corrected chi connectivity index (χ2v) is 15.4. The number of phenolic OH excluding ortho intramolecular Hbond substituents is 1. The summed E-state index contributed by atoms with van der Waals surface area (Å²) in [5.41, 5.74) is 16.5. The van der Waals surface area contributed by atoms with Gasteiger partial charge in [-0.1, -0.05) is 61.5 Å². The summed E-state index contributed by atoms with van der Waals surface area (Å²) >= 11 is 0. The number of hydrogen-bond donors (Lipinski definition) is 7. The lowest BCUT2D eigenvalue weighted by Crippen LogP contribution is -2.60. The molecule has 3 aromatic heterocycles. The molecule has 12 nitrogen and oxygen atoms in total. The van der Waals surface area contributed by atoms with Gasteiger partial charge < -0.3 is 45.0 Å². The van der Waals surface area contributed by atoms with E-state index < -0.39 is 37.3 Å². The Morgan fingerprint density at radius 3 is 1.51 bits per heavy atom. The second-order valence-electron chi connectivity index (χ2n) is 15.4. The number of allylic oxidation sites excluding steroid dienone is 4. The Bertz CT molecular complexity index is 2350. The number of ether oxygens (including phenoxy) is 2. The van der Waals surface area contributed by atoms with Crippen LogP contribution in [0.4, 0.5) is 0 Å². The lowest BCUT2D eigenvalue weighted by atomic mass is 9.96. The van der Waals surface area contributed by atoms with Gasteiger partial charge in [0.2, 0.25) is 6.29 Å². The maximum Gasteiger partial charge on any atom is 0.229 e. The van der Waals surface area contributed by atoms with Crippen LogP contribution in [0.5, 0.6) is 11.5 Å². The Labute approximate surface area is 345 Å². The number of nitrogens with one attached hydrogen (secondary N) is 2. The average molecular weight is 806 g/mol. The van der Waals surface area contributed by atoms with Crippen molar-refractivity contribution in [2.45, 2.75) is 137 Å². The van der Waals surface area contributed by atoms with Gasteiger partial charge in [-0.05, 0) is 115 Å². The maximum absolute atomic E-state index is 11.6. The topological polar surface area (TPSA) is 190 Å². The molecular formula is C47H59N5O7. The van der Waals surface area contributed by atoms with Gasteiger partial charge >= 0.3 is 0 Å². The van der Waals surface area contributed by atoms with Crippen LogP contribution >= 0.6 is 0 Å². The molecule has 6 heterocycles. The molecular weight excluding hydrogens is 747 g/mol. The van der Waals surface area contributed by atoms with Crippen molar-refractivity contribution >= 4 is 44.4 Å². The highest BCUT2D eigenvalue weighted by molar-refractivity contribution is 6.00. The van der Waals surface area contributed by atoms with E-state index in [2.05, 4.69) is 77.5 Å². The van der Waals surface area contributed by atoms with Crippen LogP contribution in [0.1, 0.15) is 126 Å². The summed E-state index contributed by atoms with van der Waals surface area (Å²) in [6.07, 6.45) is -1.15. The first-order valence-electron chi connectivity index (χ1n) is 21.4. The largest absolute Gasteiger partial charge is 0.504 e. The van der Waals surface area contributed by atoms with E-state index in [1.54, 1.807) is 12.1 Å². The highest BCUT2D eigenvalue weighted by Gasteiger charge is 2.45. The number of phenols is 1. The molecule has 0 aliphatic carbocycles. The quantitative estimate of drug-likeness (QED) is 0.0740. The number of rotatable bonds is 12. The third-order valence-corrected chi connectivity index (χ3v) is 12.3. The van der Waals surface area contributed by atoms with Crippen LogP contribution in [0.15, 0.2) is 30.3 Å². The minimum atomic E-state index is -1.63. The molecule has 0 amide bonds. The molecule has 59 heavy (non-hydrogen) atoms. The number of benzene rings is 1. The fraction of sp³-hybridized carbons (Fsp3) is 0.468. The van der Waals surface area contributed by atoms with Crippen molar-refractivity contribution in [1.29, 1.82) is 0 Å². The summed E-state index contributed by atoms with van der Waals surface area (Å²) in [5.74, 6) is 1.23. The molecule has 1 aromatic carbocycles. The van der Waals surface area contributed by atoms with E-state index in [-0.39, 0.29) is 11.5 Å². The van der Waals surface area contributed by atoms with Crippen molar-refractivity contribution in [3.63, 3.8) is 0 Å². The number of aromatic hydroxyl groups is 1. The predicted octanol–water partition coefficient (Wildman–Crippen LogP) is 7.97. The number of H-pyrrole nitrogens is 2. The maximum atomic E-state index is 11.6. The fourth-order valence-corrected chi connectivity index (χ4v) is 9.34. The van der Waals surface area contributed by atoms with Crippen molar-refractivity contribution < 1.29 is 35.0 Å². The zero-order chi connectivity index (χ0) is 42.3. The van der Waals surface area contributed by atoms with E-state index in [1.807, 2.05) is 6.07 Å². The first kappa shape index (κ1) is 42.3. The molecule has 1 fully saturated rings. The monoisotopic (exact) mass is 805 g/mol. The highest BCUT2D eigenvalue weighted by Crippen LogP contribution is 2.42. The van der Waals surface area contributed by atoms with E-state index >= 15 is 0 Å². The Kier molecular flexibility index (Phi) is 12.5. The Morgan fingerprint density at radius 2 is 1.08 bits per heavy atom. The van der Waals surface area contributed by atoms with E-state index in [0.717, 1.165) is 124 Å². The van der Waals surface area contributed by atoms with Gasteiger partial charge in [-0.25, -0.2) is 15.0 Å². The predicted molar refractivity (Wildman–Crippen MR) is 233 cm³/mol. The standard InChI is InChI=1S/C47H59N5O7/c1-9-24-28(13-5)40-39(23-17-18-37(36(54)19-23)58-47-44(57)43(56)42(55)38(22-53)59-47)41-29(14-6)25(10-2)33(49-41)21-35-27(12-4)31(16-8)46(51-35)52-45-30(15-7)26(11-3)34(50-45)20-32(24)48-40/h17-21,38,42-44,47-49,53-57H,9-16,22H2,1-8H3/t38-,42+,43+,44-,47-/m1/s1. The minimum Gasteiger partial charge on any atom is -0.504 e. The first-order valence-corrected chi connectivity index (χ1v) is 21.4. The molecule has 0 unspecified atom stereocenters. The summed E-state index contributed by atoms with van der Waals surface area (Å²) in [6, 6.07) is 9.45. The molecule has 7 N–H and O–H groups in total. The normalized spacial score (nSPS) is 20.8. The molecule has 7 rings (SSSR count). The van der Waals surface area contributed by atoms with Gasteiger partial charge in [0, 0.05) is 27.7 Å². The Hall–Kier alpha value is -4.85. The average Bonchev–Trinajstić information content (AvgIpc) is 3.97. The zero-order valence-corrected chi connectivity index (χ0v) is 35.5. The summed E-state index contributed by atoms with van der Waals surface area (Å²) in [5, 5.41) is 52.8. The zero-order valence-electron chi connectivity index (χ0n) is 35.5. The second kappa shape index (κ2) is 17.4. The van der Waals surface area contributed by atoms with Crippen molar-refractivity contribution in [2.24, 2.45) is 0 Å². The van der Waals surface area contributed by atoms with Crippen LogP contribution in [-0.4, -0.2) is 87.8 Å².